The molecule has 0 radical (unpaired) electrons. The first-order chi connectivity index (χ1) is 9.79. The lowest BCUT2D eigenvalue weighted by atomic mass is 10.0. The van der Waals surface area contributed by atoms with Gasteiger partial charge in [-0.3, -0.25) is 4.79 Å². The summed E-state index contributed by atoms with van der Waals surface area (Å²) < 4.78 is 10.8. The molecule has 116 valence electrons. The quantitative estimate of drug-likeness (QED) is 0.925. The number of fused-ring (bicyclic) bond motifs is 1. The van der Waals surface area contributed by atoms with Crippen LogP contribution < -0.4 is 14.8 Å². The SMILES string of the molecule is CNCCC(=O)N1CCCC1c1ccc2c(c1)OCO2.Cl. The highest BCUT2D eigenvalue weighted by Crippen LogP contribution is 2.38. The van der Waals surface area contributed by atoms with Crippen molar-refractivity contribution in [3.8, 4) is 11.5 Å². The summed E-state index contributed by atoms with van der Waals surface area (Å²) in [5, 5.41) is 3.03. The van der Waals surface area contributed by atoms with Crippen molar-refractivity contribution in [2.45, 2.75) is 25.3 Å². The van der Waals surface area contributed by atoms with Gasteiger partial charge in [-0.2, -0.15) is 0 Å². The second-order valence-electron chi connectivity index (χ2n) is 5.21. The van der Waals surface area contributed by atoms with Gasteiger partial charge < -0.3 is 19.7 Å². The maximum Gasteiger partial charge on any atom is 0.231 e. The molecule has 2 heterocycles. The number of carbonyl (C=O) groups excluding carboxylic acids is 1. The van der Waals surface area contributed by atoms with E-state index in [4.69, 9.17) is 9.47 Å². The molecule has 0 bridgehead atoms. The molecule has 0 aliphatic carbocycles. The number of nitrogens with zero attached hydrogens (tertiary/aromatic N) is 1. The van der Waals surface area contributed by atoms with E-state index in [9.17, 15) is 4.79 Å². The first-order valence-electron chi connectivity index (χ1n) is 7.13. The van der Waals surface area contributed by atoms with Gasteiger partial charge in [0.2, 0.25) is 12.7 Å². The first-order valence-corrected chi connectivity index (χ1v) is 7.13. The molecular weight excluding hydrogens is 292 g/mol. The summed E-state index contributed by atoms with van der Waals surface area (Å²) in [6.45, 7) is 1.86. The summed E-state index contributed by atoms with van der Waals surface area (Å²) >= 11 is 0. The highest BCUT2D eigenvalue weighted by molar-refractivity contribution is 5.85. The van der Waals surface area contributed by atoms with Crippen LogP contribution in [0, 0.1) is 0 Å². The zero-order chi connectivity index (χ0) is 13.9. The van der Waals surface area contributed by atoms with Gasteiger partial charge in [-0.05, 0) is 37.6 Å². The third-order valence-electron chi connectivity index (χ3n) is 3.94. The molecule has 3 rings (SSSR count). The largest absolute Gasteiger partial charge is 0.454 e. The number of nitrogens with one attached hydrogen (secondary N) is 1. The van der Waals surface area contributed by atoms with Crippen LogP contribution in [0.5, 0.6) is 11.5 Å². The molecule has 2 aliphatic rings. The molecule has 0 spiro atoms. The highest BCUT2D eigenvalue weighted by atomic mass is 35.5. The summed E-state index contributed by atoms with van der Waals surface area (Å²) in [5.41, 5.74) is 1.14. The molecule has 6 heteroatoms. The van der Waals surface area contributed by atoms with E-state index in [1.165, 1.54) is 0 Å². The van der Waals surface area contributed by atoms with Crippen LogP contribution in [-0.4, -0.2) is 37.7 Å². The van der Waals surface area contributed by atoms with E-state index in [2.05, 4.69) is 5.32 Å². The van der Waals surface area contributed by atoms with Crippen molar-refractivity contribution in [2.75, 3.05) is 26.9 Å². The fourth-order valence-electron chi connectivity index (χ4n) is 2.91. The number of amides is 1. The van der Waals surface area contributed by atoms with E-state index >= 15 is 0 Å². The minimum atomic E-state index is 0. The Bertz CT molecular complexity index is 510. The molecule has 1 atom stereocenters. The average molecular weight is 313 g/mol. The molecule has 1 saturated heterocycles. The Morgan fingerprint density at radius 1 is 1.38 bits per heavy atom. The Kier molecular flexibility index (Phi) is 5.31. The van der Waals surface area contributed by atoms with Crippen LogP contribution in [-0.2, 0) is 4.79 Å². The molecule has 1 N–H and O–H groups in total. The molecule has 0 saturated carbocycles. The van der Waals surface area contributed by atoms with Crippen LogP contribution >= 0.6 is 12.4 Å². The minimum absolute atomic E-state index is 0. The number of benzene rings is 1. The number of rotatable bonds is 4. The van der Waals surface area contributed by atoms with Gasteiger partial charge in [-0.15, -0.1) is 12.4 Å². The molecule has 1 fully saturated rings. The van der Waals surface area contributed by atoms with Crippen molar-refractivity contribution < 1.29 is 14.3 Å². The zero-order valence-electron chi connectivity index (χ0n) is 12.1. The van der Waals surface area contributed by atoms with Crippen molar-refractivity contribution in [3.63, 3.8) is 0 Å². The van der Waals surface area contributed by atoms with Crippen molar-refractivity contribution in [1.82, 2.24) is 10.2 Å². The van der Waals surface area contributed by atoms with E-state index in [0.717, 1.165) is 43.0 Å². The van der Waals surface area contributed by atoms with E-state index in [1.807, 2.05) is 30.1 Å². The van der Waals surface area contributed by atoms with Gasteiger partial charge in [0.1, 0.15) is 0 Å². The van der Waals surface area contributed by atoms with Gasteiger partial charge >= 0.3 is 0 Å². The van der Waals surface area contributed by atoms with Crippen molar-refractivity contribution in [3.05, 3.63) is 23.8 Å². The lowest BCUT2D eigenvalue weighted by molar-refractivity contribution is -0.132. The molecule has 0 aromatic heterocycles. The minimum Gasteiger partial charge on any atom is -0.454 e. The monoisotopic (exact) mass is 312 g/mol. The van der Waals surface area contributed by atoms with Crippen LogP contribution in [0.25, 0.3) is 0 Å². The number of halogens is 1. The summed E-state index contributed by atoms with van der Waals surface area (Å²) in [6, 6.07) is 6.17. The van der Waals surface area contributed by atoms with Crippen molar-refractivity contribution in [1.29, 1.82) is 0 Å². The summed E-state index contributed by atoms with van der Waals surface area (Å²) in [7, 11) is 1.87. The first kappa shape index (κ1) is 15.9. The molecule has 1 unspecified atom stereocenters. The average Bonchev–Trinajstić information content (AvgIpc) is 3.11. The van der Waals surface area contributed by atoms with Crippen molar-refractivity contribution >= 4 is 18.3 Å². The Balaban J connectivity index is 0.00000161. The van der Waals surface area contributed by atoms with Crippen LogP contribution in [0.2, 0.25) is 0 Å². The van der Waals surface area contributed by atoms with Crippen molar-refractivity contribution in [2.24, 2.45) is 0 Å². The Morgan fingerprint density at radius 2 is 2.19 bits per heavy atom. The second kappa shape index (κ2) is 7.00. The van der Waals surface area contributed by atoms with Gasteiger partial charge in [0.05, 0.1) is 6.04 Å². The topological polar surface area (TPSA) is 50.8 Å². The molecule has 2 aliphatic heterocycles. The van der Waals surface area contributed by atoms with Gasteiger partial charge in [-0.25, -0.2) is 0 Å². The molecular formula is C15H21ClN2O3. The summed E-state index contributed by atoms with van der Waals surface area (Å²) in [4.78, 5) is 14.2. The van der Waals surface area contributed by atoms with E-state index in [-0.39, 0.29) is 31.1 Å². The van der Waals surface area contributed by atoms with Crippen LogP contribution in [0.3, 0.4) is 0 Å². The molecule has 1 aromatic rings. The Hall–Kier alpha value is -1.46. The van der Waals surface area contributed by atoms with E-state index in [1.54, 1.807) is 0 Å². The van der Waals surface area contributed by atoms with Gasteiger partial charge in [-0.1, -0.05) is 6.07 Å². The number of ether oxygens (including phenoxy) is 2. The molecule has 5 nitrogen and oxygen atoms in total. The number of hydrogen-bond acceptors (Lipinski definition) is 4. The second-order valence-corrected chi connectivity index (χ2v) is 5.21. The van der Waals surface area contributed by atoms with Gasteiger partial charge in [0.25, 0.3) is 0 Å². The Morgan fingerprint density at radius 3 is 3.00 bits per heavy atom. The normalized spacial score (nSPS) is 19.5. The molecule has 1 aromatic carbocycles. The highest BCUT2D eigenvalue weighted by Gasteiger charge is 2.30. The van der Waals surface area contributed by atoms with Gasteiger partial charge in [0, 0.05) is 19.5 Å². The smallest absolute Gasteiger partial charge is 0.231 e. The third kappa shape index (κ3) is 3.24. The number of hydrogen-bond donors (Lipinski definition) is 1. The predicted octanol–water partition coefficient (Wildman–Crippen LogP) is 2.11. The van der Waals surface area contributed by atoms with E-state index < -0.39 is 0 Å². The number of carbonyl (C=O) groups is 1. The maximum atomic E-state index is 12.3. The van der Waals surface area contributed by atoms with Crippen LogP contribution in [0.1, 0.15) is 30.9 Å². The maximum absolute atomic E-state index is 12.3. The molecule has 1 amide bonds. The lowest BCUT2D eigenvalue weighted by Crippen LogP contribution is -2.32. The number of likely N-dealkylation sites (tertiary alicyclic amines) is 1. The van der Waals surface area contributed by atoms with Gasteiger partial charge in [0.15, 0.2) is 11.5 Å². The lowest BCUT2D eigenvalue weighted by Gasteiger charge is -2.25. The predicted molar refractivity (Wildman–Crippen MR) is 82.0 cm³/mol. The fourth-order valence-corrected chi connectivity index (χ4v) is 2.91. The van der Waals surface area contributed by atoms with E-state index in [0.29, 0.717) is 6.42 Å². The zero-order valence-corrected chi connectivity index (χ0v) is 12.9. The van der Waals surface area contributed by atoms with Crippen LogP contribution in [0.4, 0.5) is 0 Å². The standard InChI is InChI=1S/C15H20N2O3.ClH/c1-16-7-6-15(18)17-8-2-3-12(17)11-4-5-13-14(9-11)20-10-19-13;/h4-5,9,12,16H,2-3,6-8,10H2,1H3;1H. The Labute approximate surface area is 131 Å². The van der Waals surface area contributed by atoms with Crippen LogP contribution in [0.15, 0.2) is 18.2 Å². The molecule has 21 heavy (non-hydrogen) atoms. The summed E-state index contributed by atoms with van der Waals surface area (Å²) in [6.07, 6.45) is 2.63. The fraction of sp³-hybridized carbons (Fsp3) is 0.533. The third-order valence-corrected chi connectivity index (χ3v) is 3.94. The summed E-state index contributed by atoms with van der Waals surface area (Å²) in [5.74, 6) is 1.80.